The van der Waals surface area contributed by atoms with Gasteiger partial charge in [-0.1, -0.05) is 29.8 Å². The lowest BCUT2D eigenvalue weighted by atomic mass is 10.1. The Morgan fingerprint density at radius 2 is 2.06 bits per heavy atom. The fourth-order valence-electron chi connectivity index (χ4n) is 1.66. The summed E-state index contributed by atoms with van der Waals surface area (Å²) in [4.78, 5) is 17.7. The number of rotatable bonds is 4. The molecule has 0 radical (unpaired) electrons. The largest absolute Gasteiger partial charge is 0.291 e. The number of thiazole rings is 1. The molecule has 3 nitrogen and oxygen atoms in total. The molecule has 0 spiro atoms. The van der Waals surface area contributed by atoms with Gasteiger partial charge in [0, 0.05) is 25.0 Å². The van der Waals surface area contributed by atoms with Crippen LogP contribution in [0.1, 0.15) is 17.5 Å². The molecule has 1 aromatic heterocycles. The van der Waals surface area contributed by atoms with E-state index in [2.05, 4.69) is 36.2 Å². The van der Waals surface area contributed by atoms with E-state index in [1.54, 1.807) is 18.1 Å². The minimum atomic E-state index is 0.102. The molecule has 0 atom stereocenters. The minimum Gasteiger partial charge on any atom is -0.291 e. The van der Waals surface area contributed by atoms with E-state index in [0.717, 1.165) is 11.6 Å². The number of hydrogen-bond acceptors (Lipinski definition) is 3. The van der Waals surface area contributed by atoms with Crippen LogP contribution in [0.25, 0.3) is 0 Å². The number of aromatic nitrogens is 1. The van der Waals surface area contributed by atoms with Gasteiger partial charge in [-0.05, 0) is 18.9 Å². The van der Waals surface area contributed by atoms with Crippen molar-refractivity contribution in [1.29, 1.82) is 0 Å². The van der Waals surface area contributed by atoms with Gasteiger partial charge in [-0.25, -0.2) is 4.98 Å². The van der Waals surface area contributed by atoms with E-state index >= 15 is 0 Å². The van der Waals surface area contributed by atoms with Gasteiger partial charge in [0.25, 0.3) is 0 Å². The van der Waals surface area contributed by atoms with Crippen LogP contribution < -0.4 is 4.90 Å². The number of anilines is 1. The second-order valence-electron chi connectivity index (χ2n) is 4.25. The van der Waals surface area contributed by atoms with E-state index < -0.39 is 0 Å². The normalized spacial score (nSPS) is 10.3. The summed E-state index contributed by atoms with van der Waals surface area (Å²) < 4.78 is 0. The maximum atomic E-state index is 12.0. The van der Waals surface area contributed by atoms with E-state index in [1.807, 2.05) is 5.38 Å². The SMILES string of the molecule is Cc1ccc(CCC(=O)N(C)c2nccs2)cc1. The van der Waals surface area contributed by atoms with Gasteiger partial charge in [-0.15, -0.1) is 11.3 Å². The lowest BCUT2D eigenvalue weighted by molar-refractivity contribution is -0.118. The Kier molecular flexibility index (Phi) is 4.10. The van der Waals surface area contributed by atoms with Gasteiger partial charge in [0.2, 0.25) is 5.91 Å². The first-order valence-electron chi connectivity index (χ1n) is 5.88. The van der Waals surface area contributed by atoms with Crippen molar-refractivity contribution in [3.05, 3.63) is 47.0 Å². The molecule has 1 heterocycles. The van der Waals surface area contributed by atoms with Crippen LogP contribution >= 0.6 is 11.3 Å². The summed E-state index contributed by atoms with van der Waals surface area (Å²) >= 11 is 1.48. The zero-order chi connectivity index (χ0) is 13.0. The van der Waals surface area contributed by atoms with Gasteiger partial charge >= 0.3 is 0 Å². The first-order valence-corrected chi connectivity index (χ1v) is 6.76. The van der Waals surface area contributed by atoms with Crippen LogP contribution in [0.5, 0.6) is 0 Å². The Morgan fingerprint density at radius 1 is 1.33 bits per heavy atom. The maximum absolute atomic E-state index is 12.0. The van der Waals surface area contributed by atoms with Gasteiger partial charge in [0.05, 0.1) is 0 Å². The highest BCUT2D eigenvalue weighted by Gasteiger charge is 2.12. The summed E-state index contributed by atoms with van der Waals surface area (Å²) in [6, 6.07) is 8.30. The molecule has 2 aromatic rings. The fraction of sp³-hybridized carbons (Fsp3) is 0.286. The second kappa shape index (κ2) is 5.78. The first-order chi connectivity index (χ1) is 8.66. The second-order valence-corrected chi connectivity index (χ2v) is 5.13. The van der Waals surface area contributed by atoms with E-state index in [0.29, 0.717) is 6.42 Å². The van der Waals surface area contributed by atoms with Crippen LogP contribution in [0.4, 0.5) is 5.13 Å². The molecule has 1 amide bonds. The average molecular weight is 260 g/mol. The predicted molar refractivity (Wildman–Crippen MR) is 75.0 cm³/mol. The van der Waals surface area contributed by atoms with Crippen LogP contribution in [0.3, 0.4) is 0 Å². The number of carbonyl (C=O) groups is 1. The average Bonchev–Trinajstić information content (AvgIpc) is 2.90. The van der Waals surface area contributed by atoms with Crippen molar-refractivity contribution in [3.63, 3.8) is 0 Å². The van der Waals surface area contributed by atoms with Crippen LogP contribution in [-0.4, -0.2) is 17.9 Å². The summed E-state index contributed by atoms with van der Waals surface area (Å²) in [5.74, 6) is 0.102. The Hall–Kier alpha value is -1.68. The van der Waals surface area contributed by atoms with E-state index in [-0.39, 0.29) is 5.91 Å². The van der Waals surface area contributed by atoms with Gasteiger partial charge < -0.3 is 0 Å². The molecule has 0 N–H and O–H groups in total. The van der Waals surface area contributed by atoms with E-state index in [9.17, 15) is 4.79 Å². The molecular formula is C14H16N2OS. The molecule has 0 aliphatic heterocycles. The monoisotopic (exact) mass is 260 g/mol. The fourth-order valence-corrected chi connectivity index (χ4v) is 2.29. The molecule has 18 heavy (non-hydrogen) atoms. The highest BCUT2D eigenvalue weighted by Crippen LogP contribution is 2.17. The lowest BCUT2D eigenvalue weighted by Gasteiger charge is -2.13. The summed E-state index contributed by atoms with van der Waals surface area (Å²) in [5, 5.41) is 2.63. The molecule has 0 saturated heterocycles. The molecule has 94 valence electrons. The summed E-state index contributed by atoms with van der Waals surface area (Å²) in [6.07, 6.45) is 3.00. The third kappa shape index (κ3) is 3.17. The highest BCUT2D eigenvalue weighted by molar-refractivity contribution is 7.13. The van der Waals surface area contributed by atoms with Crippen molar-refractivity contribution >= 4 is 22.4 Å². The van der Waals surface area contributed by atoms with Crippen LogP contribution in [0, 0.1) is 6.92 Å². The number of carbonyl (C=O) groups excluding carboxylic acids is 1. The Balaban J connectivity index is 1.90. The number of aryl methyl sites for hydroxylation is 2. The number of nitrogens with zero attached hydrogens (tertiary/aromatic N) is 2. The molecule has 0 fully saturated rings. The maximum Gasteiger partial charge on any atom is 0.228 e. The molecule has 0 saturated carbocycles. The predicted octanol–water partition coefficient (Wildman–Crippen LogP) is 3.05. The van der Waals surface area contributed by atoms with Crippen molar-refractivity contribution < 1.29 is 4.79 Å². The molecule has 0 unspecified atom stereocenters. The summed E-state index contributed by atoms with van der Waals surface area (Å²) in [6.45, 7) is 2.06. The first kappa shape index (κ1) is 12.8. The Labute approximate surface area is 111 Å². The van der Waals surface area contributed by atoms with Crippen molar-refractivity contribution in [1.82, 2.24) is 4.98 Å². The van der Waals surface area contributed by atoms with E-state index in [1.165, 1.54) is 22.5 Å². The third-order valence-electron chi connectivity index (χ3n) is 2.83. The summed E-state index contributed by atoms with van der Waals surface area (Å²) in [7, 11) is 1.77. The number of amides is 1. The Bertz CT molecular complexity index is 505. The van der Waals surface area contributed by atoms with E-state index in [4.69, 9.17) is 0 Å². The van der Waals surface area contributed by atoms with Crippen molar-refractivity contribution in [3.8, 4) is 0 Å². The zero-order valence-corrected chi connectivity index (χ0v) is 11.4. The molecular weight excluding hydrogens is 244 g/mol. The van der Waals surface area contributed by atoms with Gasteiger partial charge in [0.15, 0.2) is 5.13 Å². The van der Waals surface area contributed by atoms with Crippen LogP contribution in [0.2, 0.25) is 0 Å². The molecule has 4 heteroatoms. The smallest absolute Gasteiger partial charge is 0.228 e. The third-order valence-corrected chi connectivity index (χ3v) is 3.68. The quantitative estimate of drug-likeness (QED) is 0.846. The van der Waals surface area contributed by atoms with Crippen molar-refractivity contribution in [2.75, 3.05) is 11.9 Å². The highest BCUT2D eigenvalue weighted by atomic mass is 32.1. The van der Waals surface area contributed by atoms with Gasteiger partial charge in [-0.3, -0.25) is 9.69 Å². The van der Waals surface area contributed by atoms with Crippen molar-refractivity contribution in [2.24, 2.45) is 0 Å². The minimum absolute atomic E-state index is 0.102. The zero-order valence-electron chi connectivity index (χ0n) is 10.6. The van der Waals surface area contributed by atoms with Gasteiger partial charge in [-0.2, -0.15) is 0 Å². The van der Waals surface area contributed by atoms with Crippen LogP contribution in [0.15, 0.2) is 35.8 Å². The molecule has 0 bridgehead atoms. The summed E-state index contributed by atoms with van der Waals surface area (Å²) in [5.41, 5.74) is 2.44. The lowest BCUT2D eigenvalue weighted by Crippen LogP contribution is -2.26. The topological polar surface area (TPSA) is 33.2 Å². The standard InChI is InChI=1S/C14H16N2OS/c1-11-3-5-12(6-4-11)7-8-13(17)16(2)14-15-9-10-18-14/h3-6,9-10H,7-8H2,1-2H3. The molecule has 0 aliphatic carbocycles. The number of benzene rings is 1. The van der Waals surface area contributed by atoms with Crippen molar-refractivity contribution in [2.45, 2.75) is 19.8 Å². The molecule has 1 aromatic carbocycles. The van der Waals surface area contributed by atoms with Gasteiger partial charge in [0.1, 0.15) is 0 Å². The van der Waals surface area contributed by atoms with Crippen LogP contribution in [-0.2, 0) is 11.2 Å². The molecule has 0 aliphatic rings. The molecule has 2 rings (SSSR count). The number of hydrogen-bond donors (Lipinski definition) is 0. The Morgan fingerprint density at radius 3 is 2.67 bits per heavy atom.